The molecule has 1 spiro atoms. The highest BCUT2D eigenvalue weighted by atomic mass is 19.1. The zero-order valence-corrected chi connectivity index (χ0v) is 17.0. The number of halogens is 1. The number of phenolic OH excluding ortho intramolecular Hbond substituents is 1. The number of likely N-dealkylation sites (tertiary alicyclic amines) is 1. The Morgan fingerprint density at radius 3 is 2.59 bits per heavy atom. The number of benzene rings is 2. The van der Waals surface area contributed by atoms with E-state index in [1.165, 1.54) is 48.0 Å². The highest BCUT2D eigenvalue weighted by Gasteiger charge is 2.55. The largest absolute Gasteiger partial charge is 0.508 e. The Bertz CT molecular complexity index is 1010. The summed E-state index contributed by atoms with van der Waals surface area (Å²) in [5.41, 5.74) is 5.51. The van der Waals surface area contributed by atoms with E-state index >= 15 is 0 Å². The van der Waals surface area contributed by atoms with Crippen LogP contribution in [-0.2, 0) is 0 Å². The van der Waals surface area contributed by atoms with Crippen LogP contribution in [0.1, 0.15) is 30.9 Å². The van der Waals surface area contributed by atoms with Gasteiger partial charge in [-0.3, -0.25) is 0 Å². The highest BCUT2D eigenvalue weighted by Crippen LogP contribution is 2.58. The minimum atomic E-state index is -0.331. The van der Waals surface area contributed by atoms with Gasteiger partial charge in [0.15, 0.2) is 0 Å². The summed E-state index contributed by atoms with van der Waals surface area (Å²) >= 11 is 0. The normalized spacial score (nSPS) is 22.6. The van der Waals surface area contributed by atoms with E-state index in [9.17, 15) is 9.50 Å². The summed E-state index contributed by atoms with van der Waals surface area (Å²) in [7, 11) is 0. The van der Waals surface area contributed by atoms with Gasteiger partial charge in [0, 0.05) is 47.1 Å². The molecular weight excluding hydrogens is 363 g/mol. The first kappa shape index (κ1) is 18.3. The molecule has 0 amide bonds. The fourth-order valence-electron chi connectivity index (χ4n) is 5.39. The monoisotopic (exact) mass is 390 g/mol. The van der Waals surface area contributed by atoms with E-state index in [2.05, 4.69) is 60.6 Å². The average Bonchev–Trinajstić information content (AvgIpc) is 2.62. The molecule has 3 nitrogen and oxygen atoms in total. The molecule has 1 saturated heterocycles. The lowest BCUT2D eigenvalue weighted by atomic mass is 9.56. The van der Waals surface area contributed by atoms with Crippen molar-refractivity contribution < 1.29 is 9.50 Å². The molecule has 2 aromatic rings. The van der Waals surface area contributed by atoms with Crippen molar-refractivity contribution in [3.8, 4) is 5.75 Å². The third-order valence-electron chi connectivity index (χ3n) is 6.94. The Morgan fingerprint density at radius 1 is 1.17 bits per heavy atom. The number of anilines is 1. The quantitative estimate of drug-likeness (QED) is 0.766. The van der Waals surface area contributed by atoms with Gasteiger partial charge in [0.1, 0.15) is 11.6 Å². The predicted octanol–water partition coefficient (Wildman–Crippen LogP) is 5.32. The Hall–Kier alpha value is -2.75. The van der Waals surface area contributed by atoms with Crippen LogP contribution in [0.2, 0.25) is 0 Å². The fourth-order valence-corrected chi connectivity index (χ4v) is 5.39. The van der Waals surface area contributed by atoms with Crippen molar-refractivity contribution in [3.63, 3.8) is 0 Å². The fraction of sp³-hybridized carbons (Fsp3) is 0.360. The van der Waals surface area contributed by atoms with Crippen LogP contribution >= 0.6 is 0 Å². The number of nitrogens with zero attached hydrogens (tertiary/aromatic N) is 2. The van der Waals surface area contributed by atoms with E-state index in [1.54, 1.807) is 0 Å². The van der Waals surface area contributed by atoms with Crippen molar-refractivity contribution in [2.75, 3.05) is 18.0 Å². The number of aryl methyl sites for hydroxylation is 1. The third kappa shape index (κ3) is 2.85. The molecular formula is C25H27FN2O. The van der Waals surface area contributed by atoms with E-state index in [-0.39, 0.29) is 11.6 Å². The van der Waals surface area contributed by atoms with Gasteiger partial charge in [-0.25, -0.2) is 4.39 Å². The summed E-state index contributed by atoms with van der Waals surface area (Å²) in [5.74, 6) is 0.352. The first-order chi connectivity index (χ1) is 13.9. The topological polar surface area (TPSA) is 26.7 Å². The van der Waals surface area contributed by atoms with E-state index in [0.29, 0.717) is 28.6 Å². The van der Waals surface area contributed by atoms with Gasteiger partial charge in [-0.15, -0.1) is 0 Å². The maximum absolute atomic E-state index is 14.1. The predicted molar refractivity (Wildman–Crippen MR) is 115 cm³/mol. The van der Waals surface area contributed by atoms with Crippen LogP contribution in [0.25, 0.3) is 5.70 Å². The van der Waals surface area contributed by atoms with Crippen LogP contribution in [0.15, 0.2) is 60.8 Å². The summed E-state index contributed by atoms with van der Waals surface area (Å²) < 4.78 is 14.1. The van der Waals surface area contributed by atoms with E-state index < -0.39 is 0 Å². The lowest BCUT2D eigenvalue weighted by Gasteiger charge is -2.62. The second-order valence-corrected chi connectivity index (χ2v) is 9.06. The number of allylic oxidation sites excluding steroid dienone is 1. The van der Waals surface area contributed by atoms with E-state index in [1.807, 2.05) is 0 Å². The van der Waals surface area contributed by atoms with Crippen molar-refractivity contribution >= 4 is 11.4 Å². The van der Waals surface area contributed by atoms with Gasteiger partial charge < -0.3 is 14.9 Å². The summed E-state index contributed by atoms with van der Waals surface area (Å²) in [4.78, 5) is 4.63. The van der Waals surface area contributed by atoms with Gasteiger partial charge in [0.25, 0.3) is 0 Å². The van der Waals surface area contributed by atoms with Gasteiger partial charge >= 0.3 is 0 Å². The molecule has 5 rings (SSSR count). The van der Waals surface area contributed by atoms with E-state index in [4.69, 9.17) is 0 Å². The number of phenols is 1. The molecule has 4 heteroatoms. The number of para-hydroxylation sites is 1. The number of hydrogen-bond acceptors (Lipinski definition) is 3. The summed E-state index contributed by atoms with van der Waals surface area (Å²) in [6, 6.07) is 13.2. The van der Waals surface area contributed by atoms with E-state index in [0.717, 1.165) is 13.1 Å². The second kappa shape index (κ2) is 6.38. The van der Waals surface area contributed by atoms with Crippen LogP contribution in [0.4, 0.5) is 10.1 Å². The zero-order chi connectivity index (χ0) is 20.3. The molecule has 0 bridgehead atoms. The maximum Gasteiger partial charge on any atom is 0.132 e. The lowest BCUT2D eigenvalue weighted by molar-refractivity contribution is -0.0551. The molecule has 150 valence electrons. The van der Waals surface area contributed by atoms with Crippen LogP contribution < -0.4 is 4.90 Å². The Morgan fingerprint density at radius 2 is 1.90 bits per heavy atom. The van der Waals surface area contributed by atoms with Gasteiger partial charge in [0.05, 0.1) is 6.04 Å². The third-order valence-corrected chi connectivity index (χ3v) is 6.94. The summed E-state index contributed by atoms with van der Waals surface area (Å²) in [5, 5.41) is 9.67. The average molecular weight is 391 g/mol. The van der Waals surface area contributed by atoms with Crippen LogP contribution in [-0.4, -0.2) is 29.1 Å². The molecule has 2 fully saturated rings. The van der Waals surface area contributed by atoms with Gasteiger partial charge in [-0.05, 0) is 62.6 Å². The van der Waals surface area contributed by atoms with Crippen molar-refractivity contribution in [2.24, 2.45) is 11.3 Å². The van der Waals surface area contributed by atoms with Gasteiger partial charge in [0.2, 0.25) is 0 Å². The van der Waals surface area contributed by atoms with Crippen molar-refractivity contribution in [1.82, 2.24) is 4.90 Å². The molecule has 1 saturated carbocycles. The molecule has 0 radical (unpaired) electrons. The Balaban J connectivity index is 1.22. The summed E-state index contributed by atoms with van der Waals surface area (Å²) in [6.45, 7) is 10.4. The molecule has 29 heavy (non-hydrogen) atoms. The van der Waals surface area contributed by atoms with Crippen LogP contribution in [0.5, 0.6) is 5.75 Å². The van der Waals surface area contributed by atoms with Crippen molar-refractivity contribution in [2.45, 2.75) is 32.7 Å². The minimum Gasteiger partial charge on any atom is -0.508 e. The van der Waals surface area contributed by atoms with Gasteiger partial charge in [-0.1, -0.05) is 24.8 Å². The Labute approximate surface area is 171 Å². The lowest BCUT2D eigenvalue weighted by Crippen LogP contribution is -2.63. The second-order valence-electron chi connectivity index (χ2n) is 9.06. The number of aromatic hydroxyl groups is 1. The molecule has 1 aliphatic carbocycles. The first-order valence-electron chi connectivity index (χ1n) is 10.4. The molecule has 1 N–H and O–H groups in total. The molecule has 0 aromatic heterocycles. The smallest absolute Gasteiger partial charge is 0.132 e. The SMILES string of the molecule is C=C(c1cc(O)ccc1F)N1CC2(CC(C3=CC(C)N3c3ccccc3C)C2)C1. The Kier molecular flexibility index (Phi) is 4.02. The molecule has 2 aliphatic heterocycles. The molecule has 1 atom stereocenters. The maximum atomic E-state index is 14.1. The van der Waals surface area contributed by atoms with Crippen LogP contribution in [0.3, 0.4) is 0 Å². The molecule has 2 aromatic carbocycles. The van der Waals surface area contributed by atoms with Crippen molar-refractivity contribution in [1.29, 1.82) is 0 Å². The molecule has 1 unspecified atom stereocenters. The number of hydrogen-bond donors (Lipinski definition) is 1. The molecule has 2 heterocycles. The van der Waals surface area contributed by atoms with Crippen molar-refractivity contribution in [3.05, 3.63) is 77.8 Å². The first-order valence-corrected chi connectivity index (χ1v) is 10.4. The summed E-state index contributed by atoms with van der Waals surface area (Å²) in [6.07, 6.45) is 4.77. The number of rotatable bonds is 4. The van der Waals surface area contributed by atoms with Gasteiger partial charge in [-0.2, -0.15) is 0 Å². The standard InChI is InChI=1S/C25H27FN2O/c1-16-6-4-5-7-23(16)28-17(2)10-24(28)19-12-25(13-19)14-27(15-25)18(3)21-11-20(29)8-9-22(21)26/h4-11,17,19,29H,3,12-15H2,1-2H3. The zero-order valence-electron chi connectivity index (χ0n) is 17.0. The highest BCUT2D eigenvalue weighted by molar-refractivity contribution is 5.66. The van der Waals surface area contributed by atoms with Crippen LogP contribution in [0, 0.1) is 24.1 Å². The molecule has 3 aliphatic rings. The minimum absolute atomic E-state index is 0.0730.